The zero-order valence-electron chi connectivity index (χ0n) is 3.77. The van der Waals surface area contributed by atoms with E-state index in [1.807, 2.05) is 0 Å². The minimum Gasteiger partial charge on any atom is -0.784 e. The first kappa shape index (κ1) is 7.28. The predicted molar refractivity (Wildman–Crippen MR) is 40.3 cm³/mol. The molecule has 0 aliphatic carbocycles. The summed E-state index contributed by atoms with van der Waals surface area (Å²) in [6.07, 6.45) is 0. The second kappa shape index (κ2) is 2.09. The zero-order chi connectivity index (χ0) is 6.36. The number of halogens is 3. The van der Waals surface area contributed by atoms with Crippen LogP contribution in [0.15, 0.2) is 0 Å². The summed E-state index contributed by atoms with van der Waals surface area (Å²) < 4.78 is -0.344. The molecule has 0 spiro atoms. The van der Waals surface area contributed by atoms with Crippen molar-refractivity contribution in [2.24, 2.45) is 0 Å². The molecule has 8 heavy (non-hydrogen) atoms. The minimum absolute atomic E-state index is 0.344. The van der Waals surface area contributed by atoms with Gasteiger partial charge in [-0.1, -0.05) is 31.9 Å². The Morgan fingerprint density at radius 2 is 2.25 bits per heavy atom. The lowest BCUT2D eigenvalue weighted by molar-refractivity contribution is 0.227. The number of hydrogen-bond donors (Lipinski definition) is 0. The molecule has 1 unspecified atom stereocenters. The van der Waals surface area contributed by atoms with Gasteiger partial charge in [-0.25, -0.2) is 0 Å². The fraction of sp³-hybridized carbons (Fsp3) is 1.00. The predicted octanol–water partition coefficient (Wildman–Crippen LogP) is 1.85. The Bertz CT molecular complexity index is 109. The highest BCUT2D eigenvalue weighted by Gasteiger charge is 2.43. The van der Waals surface area contributed by atoms with Gasteiger partial charge in [0.2, 0.25) is 0 Å². The quantitative estimate of drug-likeness (QED) is 0.493. The Kier molecular flexibility index (Phi) is 1.90. The molecule has 0 aromatic rings. The average molecular weight is 264 g/mol. The summed E-state index contributed by atoms with van der Waals surface area (Å²) in [7, 11) is 0. The van der Waals surface area contributed by atoms with Crippen molar-refractivity contribution in [1.29, 1.82) is 0 Å². The summed E-state index contributed by atoms with van der Waals surface area (Å²) in [6.45, 7) is 0.404. The monoisotopic (exact) mass is 262 g/mol. The smallest absolute Gasteiger partial charge is 0.121 e. The molecule has 0 amide bonds. The van der Waals surface area contributed by atoms with Crippen LogP contribution in [0.5, 0.6) is 0 Å². The Balaban J connectivity index is 2.47. The van der Waals surface area contributed by atoms with E-state index < -0.39 is 5.50 Å². The maximum atomic E-state index is 10.4. The highest BCUT2D eigenvalue weighted by molar-refractivity contribution is 9.25. The van der Waals surface area contributed by atoms with Crippen molar-refractivity contribution in [2.75, 3.05) is 6.54 Å². The van der Waals surface area contributed by atoms with E-state index in [9.17, 15) is 5.21 Å². The molecule has 0 radical (unpaired) electrons. The molecule has 1 aliphatic rings. The van der Waals surface area contributed by atoms with Gasteiger partial charge in [0.15, 0.2) is 0 Å². The van der Waals surface area contributed by atoms with Crippen LogP contribution in [0.25, 0.3) is 0 Å². The molecule has 5 heteroatoms. The maximum absolute atomic E-state index is 10.4. The fourth-order valence-electron chi connectivity index (χ4n) is 0.461. The maximum Gasteiger partial charge on any atom is 0.121 e. The first-order valence-electron chi connectivity index (χ1n) is 2.00. The van der Waals surface area contributed by atoms with Crippen LogP contribution in [0.1, 0.15) is 0 Å². The van der Waals surface area contributed by atoms with Crippen molar-refractivity contribution < 1.29 is 0 Å². The number of alkyl halides is 3. The van der Waals surface area contributed by atoms with E-state index in [1.165, 1.54) is 0 Å². The summed E-state index contributed by atoms with van der Waals surface area (Å²) in [5.41, 5.74) is -0.470. The molecule has 1 atom stereocenters. The van der Waals surface area contributed by atoms with Crippen LogP contribution in [0.3, 0.4) is 0 Å². The summed E-state index contributed by atoms with van der Waals surface area (Å²) >= 11 is 11.9. The summed E-state index contributed by atoms with van der Waals surface area (Å²) in [4.78, 5) is 0. The Morgan fingerprint density at radius 1 is 1.75 bits per heavy atom. The van der Waals surface area contributed by atoms with Gasteiger partial charge >= 0.3 is 0 Å². The second-order valence-corrected chi connectivity index (χ2v) is 5.98. The van der Waals surface area contributed by atoms with Gasteiger partial charge in [-0.05, 0) is 0 Å². The lowest BCUT2D eigenvalue weighted by Gasteiger charge is -2.52. The number of hydrogen-bond acceptors (Lipinski definition) is 2. The lowest BCUT2D eigenvalue weighted by Crippen LogP contribution is -2.57. The highest BCUT2D eigenvalue weighted by atomic mass is 79.9. The van der Waals surface area contributed by atoms with Crippen molar-refractivity contribution in [3.05, 3.63) is 5.21 Å². The topological polar surface area (TPSA) is 26.3 Å². The molecule has 0 N–H and O–H groups in total. The van der Waals surface area contributed by atoms with Crippen LogP contribution in [-0.2, 0) is 0 Å². The van der Waals surface area contributed by atoms with Gasteiger partial charge in [-0.15, -0.1) is 11.6 Å². The van der Waals surface area contributed by atoms with Crippen LogP contribution in [0.2, 0.25) is 0 Å². The normalized spacial score (nSPS) is 36.8. The molecule has 0 bridgehead atoms. The molecule has 2 nitrogen and oxygen atoms in total. The standard InChI is InChI=1S/C3H3Br2ClNO/c4-3(5)1-7(8)2(3)6/h2H,1H2/q-1. The van der Waals surface area contributed by atoms with Crippen molar-refractivity contribution in [1.82, 2.24) is 5.06 Å². The van der Waals surface area contributed by atoms with Gasteiger partial charge in [-0.2, -0.15) is 0 Å². The van der Waals surface area contributed by atoms with Crippen LogP contribution >= 0.6 is 43.5 Å². The Morgan fingerprint density at radius 3 is 2.25 bits per heavy atom. The van der Waals surface area contributed by atoms with E-state index in [0.717, 1.165) is 5.06 Å². The highest BCUT2D eigenvalue weighted by Crippen LogP contribution is 2.43. The SMILES string of the molecule is [O-]N1CC(Br)(Br)C1Cl. The van der Waals surface area contributed by atoms with Crippen molar-refractivity contribution in [3.8, 4) is 0 Å². The Labute approximate surface area is 69.0 Å². The van der Waals surface area contributed by atoms with Crippen LogP contribution < -0.4 is 0 Å². The fourth-order valence-corrected chi connectivity index (χ4v) is 1.55. The first-order chi connectivity index (χ1) is 3.54. The summed E-state index contributed by atoms with van der Waals surface area (Å²) in [5, 5.41) is 11.2. The van der Waals surface area contributed by atoms with E-state index in [0.29, 0.717) is 6.54 Å². The minimum atomic E-state index is -0.470. The third-order valence-electron chi connectivity index (χ3n) is 0.968. The van der Waals surface area contributed by atoms with Crippen molar-refractivity contribution >= 4 is 43.5 Å². The van der Waals surface area contributed by atoms with Gasteiger partial charge in [0, 0.05) is 6.54 Å². The summed E-state index contributed by atoms with van der Waals surface area (Å²) in [5.74, 6) is 0. The Hall–Kier alpha value is 1.17. The second-order valence-electron chi connectivity index (χ2n) is 1.67. The first-order valence-corrected chi connectivity index (χ1v) is 4.02. The molecule has 48 valence electrons. The average Bonchev–Trinajstić information content (AvgIpc) is 1.65. The molecule has 1 heterocycles. The third kappa shape index (κ3) is 1.04. The van der Waals surface area contributed by atoms with Crippen LogP contribution in [0.4, 0.5) is 0 Å². The third-order valence-corrected chi connectivity index (χ3v) is 3.45. The molecule has 0 aromatic heterocycles. The van der Waals surface area contributed by atoms with E-state index in [1.54, 1.807) is 0 Å². The number of rotatable bonds is 0. The zero-order valence-corrected chi connectivity index (χ0v) is 7.70. The van der Waals surface area contributed by atoms with Gasteiger partial charge in [-0.3, -0.25) is 0 Å². The summed E-state index contributed by atoms with van der Waals surface area (Å²) in [6, 6.07) is 0. The molecule has 0 saturated carbocycles. The molecule has 1 saturated heterocycles. The van der Waals surface area contributed by atoms with Crippen LogP contribution in [0, 0.1) is 5.21 Å². The number of nitrogens with zero attached hydrogens (tertiary/aromatic N) is 1. The lowest BCUT2D eigenvalue weighted by atomic mass is 10.3. The van der Waals surface area contributed by atoms with Crippen molar-refractivity contribution in [2.45, 2.75) is 8.73 Å². The van der Waals surface area contributed by atoms with Gasteiger partial charge < -0.3 is 10.3 Å². The van der Waals surface area contributed by atoms with E-state index in [4.69, 9.17) is 11.6 Å². The van der Waals surface area contributed by atoms with Crippen LogP contribution in [-0.4, -0.2) is 20.3 Å². The van der Waals surface area contributed by atoms with Gasteiger partial charge in [0.1, 0.15) is 8.73 Å². The van der Waals surface area contributed by atoms with Crippen molar-refractivity contribution in [3.63, 3.8) is 0 Å². The van der Waals surface area contributed by atoms with Gasteiger partial charge in [0.25, 0.3) is 0 Å². The van der Waals surface area contributed by atoms with E-state index in [2.05, 4.69) is 31.9 Å². The molecule has 1 aliphatic heterocycles. The largest absolute Gasteiger partial charge is 0.784 e. The molecular formula is C3H3Br2ClNO-. The van der Waals surface area contributed by atoms with E-state index in [-0.39, 0.29) is 3.23 Å². The number of hydroxylamine groups is 2. The molecular weight excluding hydrogens is 261 g/mol. The van der Waals surface area contributed by atoms with Gasteiger partial charge in [0.05, 0.1) is 0 Å². The molecule has 0 aromatic carbocycles. The molecule has 1 fully saturated rings. The van der Waals surface area contributed by atoms with E-state index >= 15 is 0 Å². The molecule has 1 rings (SSSR count).